The second-order valence-corrected chi connectivity index (χ2v) is 9.29. The fourth-order valence-corrected chi connectivity index (χ4v) is 5.06. The van der Waals surface area contributed by atoms with E-state index in [0.717, 1.165) is 17.3 Å². The lowest BCUT2D eigenvalue weighted by Gasteiger charge is -2.30. The second kappa shape index (κ2) is 9.15. The van der Waals surface area contributed by atoms with E-state index in [1.807, 2.05) is 19.1 Å². The molecule has 5 heterocycles. The van der Waals surface area contributed by atoms with Crippen LogP contribution in [0.1, 0.15) is 53.1 Å². The highest BCUT2D eigenvalue weighted by Gasteiger charge is 2.29. The van der Waals surface area contributed by atoms with Crippen LogP contribution in [-0.4, -0.2) is 32.6 Å². The number of hydrogen-bond donors (Lipinski definition) is 0. The number of fused-ring (bicyclic) bond motifs is 2. The van der Waals surface area contributed by atoms with E-state index >= 15 is 0 Å². The largest absolute Gasteiger partial charge is 0.376 e. The molecule has 2 aliphatic rings. The van der Waals surface area contributed by atoms with Gasteiger partial charge in [-0.3, -0.25) is 14.2 Å². The predicted octanol–water partition coefficient (Wildman–Crippen LogP) is 4.45. The maximum atomic E-state index is 15.0. The van der Waals surface area contributed by atoms with Crippen LogP contribution in [0.15, 0.2) is 47.5 Å². The van der Waals surface area contributed by atoms with Gasteiger partial charge in [0, 0.05) is 48.7 Å². The van der Waals surface area contributed by atoms with Gasteiger partial charge in [-0.2, -0.15) is 0 Å². The molecule has 1 fully saturated rings. The molecule has 0 amide bonds. The van der Waals surface area contributed by atoms with Crippen LogP contribution in [0.5, 0.6) is 0 Å². The van der Waals surface area contributed by atoms with Crippen molar-refractivity contribution >= 4 is 5.65 Å². The van der Waals surface area contributed by atoms with Gasteiger partial charge in [-0.15, -0.1) is 0 Å². The highest BCUT2D eigenvalue weighted by atomic mass is 19.1. The van der Waals surface area contributed by atoms with Crippen LogP contribution in [0.2, 0.25) is 0 Å². The number of nitrogens with zero attached hydrogens (tertiary/aromatic N) is 4. The highest BCUT2D eigenvalue weighted by Crippen LogP contribution is 2.38. The molecule has 0 saturated carbocycles. The summed E-state index contributed by atoms with van der Waals surface area (Å²) in [4.78, 5) is 27.3. The first-order chi connectivity index (χ1) is 17.5. The van der Waals surface area contributed by atoms with Crippen LogP contribution in [0.4, 0.5) is 8.78 Å². The summed E-state index contributed by atoms with van der Waals surface area (Å²) in [7, 11) is 0. The molecule has 4 aromatic rings. The fourth-order valence-electron chi connectivity index (χ4n) is 5.06. The summed E-state index contributed by atoms with van der Waals surface area (Å²) in [6, 6.07) is 7.29. The molecule has 1 aromatic carbocycles. The topological polar surface area (TPSA) is 78.6 Å². The zero-order chi connectivity index (χ0) is 24.8. The van der Waals surface area contributed by atoms with E-state index in [1.165, 1.54) is 16.5 Å². The number of hydrogen-bond acceptors (Lipinski definition) is 6. The van der Waals surface area contributed by atoms with Gasteiger partial charge < -0.3 is 9.47 Å². The first-order valence-electron chi connectivity index (χ1n) is 12.0. The number of aryl methyl sites for hydroxylation is 1. The summed E-state index contributed by atoms with van der Waals surface area (Å²) in [6.07, 6.45) is 5.14. The molecule has 7 nitrogen and oxygen atoms in total. The van der Waals surface area contributed by atoms with Gasteiger partial charge in [-0.25, -0.2) is 18.7 Å². The van der Waals surface area contributed by atoms with Crippen LogP contribution in [0.3, 0.4) is 0 Å². The van der Waals surface area contributed by atoms with Crippen molar-refractivity contribution in [2.24, 2.45) is 0 Å². The maximum absolute atomic E-state index is 15.0. The third-order valence-electron chi connectivity index (χ3n) is 6.92. The van der Waals surface area contributed by atoms with Crippen molar-refractivity contribution in [1.82, 2.24) is 19.4 Å². The molecule has 184 valence electrons. The van der Waals surface area contributed by atoms with E-state index in [0.29, 0.717) is 49.4 Å². The average Bonchev–Trinajstić information content (AvgIpc) is 2.89. The van der Waals surface area contributed by atoms with Gasteiger partial charge in [0.15, 0.2) is 5.65 Å². The standard InChI is InChI=1S/C27H24F2N4O3/c1-15-10-17(4-7-30-15)24-11-16(5-9-36-24)23-13-33-26(32-22-6-8-35-14-20(22)27(33)34)25(31-23)19-3-2-18(28)12-21(19)29/h2-4,7,10,12-13,16,24H,5-6,8-9,11,14H2,1H3/t16-,24+/m0/s1. The molecule has 1 saturated heterocycles. The first kappa shape index (κ1) is 22.9. The lowest BCUT2D eigenvalue weighted by atomic mass is 9.89. The van der Waals surface area contributed by atoms with Crippen molar-refractivity contribution in [1.29, 1.82) is 0 Å². The number of pyridine rings is 1. The van der Waals surface area contributed by atoms with Gasteiger partial charge in [0.2, 0.25) is 0 Å². The smallest absolute Gasteiger partial charge is 0.263 e. The quantitative estimate of drug-likeness (QED) is 0.422. The molecule has 0 spiro atoms. The molecule has 0 bridgehead atoms. The van der Waals surface area contributed by atoms with Crippen molar-refractivity contribution in [2.45, 2.75) is 44.8 Å². The van der Waals surface area contributed by atoms with Crippen molar-refractivity contribution in [3.63, 3.8) is 0 Å². The number of halogens is 2. The van der Waals surface area contributed by atoms with Crippen molar-refractivity contribution < 1.29 is 18.3 Å². The van der Waals surface area contributed by atoms with E-state index in [-0.39, 0.29) is 41.1 Å². The summed E-state index contributed by atoms with van der Waals surface area (Å²) in [5.41, 5.74) is 4.02. The van der Waals surface area contributed by atoms with Crippen LogP contribution in [0, 0.1) is 18.6 Å². The van der Waals surface area contributed by atoms with Gasteiger partial charge in [0.25, 0.3) is 5.56 Å². The number of benzene rings is 1. The Morgan fingerprint density at radius 3 is 2.83 bits per heavy atom. The average molecular weight is 491 g/mol. The van der Waals surface area contributed by atoms with Crippen LogP contribution < -0.4 is 5.56 Å². The minimum Gasteiger partial charge on any atom is -0.376 e. The highest BCUT2D eigenvalue weighted by molar-refractivity contribution is 5.74. The zero-order valence-corrected chi connectivity index (χ0v) is 19.7. The van der Waals surface area contributed by atoms with Gasteiger partial charge in [-0.05, 0) is 49.6 Å². The molecule has 36 heavy (non-hydrogen) atoms. The molecule has 2 atom stereocenters. The SMILES string of the molecule is Cc1cc([C@H]2C[C@@H](c3cn4c(=O)c5c(nc4c(-c4ccc(F)cc4F)n3)CCOC5)CCO2)ccn1. The van der Waals surface area contributed by atoms with Gasteiger partial charge >= 0.3 is 0 Å². The van der Waals surface area contributed by atoms with Crippen LogP contribution in [0.25, 0.3) is 16.9 Å². The monoisotopic (exact) mass is 490 g/mol. The van der Waals surface area contributed by atoms with Crippen LogP contribution in [-0.2, 0) is 22.5 Å². The Hall–Kier alpha value is -3.56. The fraction of sp³-hybridized carbons (Fsp3) is 0.333. The normalized spacial score (nSPS) is 19.9. The Morgan fingerprint density at radius 2 is 2.00 bits per heavy atom. The minimum atomic E-state index is -0.756. The van der Waals surface area contributed by atoms with Gasteiger partial charge in [-0.1, -0.05) is 0 Å². The summed E-state index contributed by atoms with van der Waals surface area (Å²) in [5.74, 6) is -1.48. The lowest BCUT2D eigenvalue weighted by Crippen LogP contribution is -2.28. The summed E-state index contributed by atoms with van der Waals surface area (Å²) >= 11 is 0. The third-order valence-corrected chi connectivity index (χ3v) is 6.92. The molecular weight excluding hydrogens is 466 g/mol. The Balaban J connectivity index is 1.51. The molecule has 6 rings (SSSR count). The molecule has 0 unspecified atom stereocenters. The molecular formula is C27H24F2N4O3. The Labute approximate surface area is 205 Å². The molecule has 2 aliphatic heterocycles. The molecule has 0 N–H and O–H groups in total. The molecule has 9 heteroatoms. The van der Waals surface area contributed by atoms with Gasteiger partial charge in [0.05, 0.1) is 36.3 Å². The van der Waals surface area contributed by atoms with Gasteiger partial charge in [0.1, 0.15) is 17.3 Å². The molecule has 0 radical (unpaired) electrons. The van der Waals surface area contributed by atoms with E-state index in [9.17, 15) is 13.6 Å². The number of ether oxygens (including phenoxy) is 2. The molecule has 3 aromatic heterocycles. The van der Waals surface area contributed by atoms with Crippen molar-refractivity contribution in [2.75, 3.05) is 13.2 Å². The Morgan fingerprint density at radius 1 is 1.11 bits per heavy atom. The molecule has 0 aliphatic carbocycles. The minimum absolute atomic E-state index is 0.0388. The number of rotatable bonds is 3. The first-order valence-corrected chi connectivity index (χ1v) is 12.0. The van der Waals surface area contributed by atoms with Crippen molar-refractivity contribution in [3.8, 4) is 11.3 Å². The van der Waals surface area contributed by atoms with E-state index in [2.05, 4.69) is 4.98 Å². The van der Waals surface area contributed by atoms with E-state index in [4.69, 9.17) is 19.4 Å². The summed E-state index contributed by atoms with van der Waals surface area (Å²) in [5, 5.41) is 0. The van der Waals surface area contributed by atoms with Crippen LogP contribution >= 0.6 is 0 Å². The third kappa shape index (κ3) is 4.08. The summed E-state index contributed by atoms with van der Waals surface area (Å²) < 4.78 is 41.7. The van der Waals surface area contributed by atoms with Crippen molar-refractivity contribution in [3.05, 3.63) is 92.9 Å². The summed E-state index contributed by atoms with van der Waals surface area (Å²) in [6.45, 7) is 3.09. The predicted molar refractivity (Wildman–Crippen MR) is 128 cm³/mol. The van der Waals surface area contributed by atoms with E-state index < -0.39 is 11.6 Å². The second-order valence-electron chi connectivity index (χ2n) is 9.29. The van der Waals surface area contributed by atoms with E-state index in [1.54, 1.807) is 12.4 Å². The number of aromatic nitrogens is 4. The Bertz CT molecular complexity index is 1540. The Kier molecular flexibility index (Phi) is 5.81. The maximum Gasteiger partial charge on any atom is 0.263 e. The lowest BCUT2D eigenvalue weighted by molar-refractivity contribution is 0.00451. The zero-order valence-electron chi connectivity index (χ0n) is 19.7.